The number of rotatable bonds is 9. The van der Waals surface area contributed by atoms with Crippen LogP contribution in [0.2, 0.25) is 0 Å². The molecular formula is C35H33N3O. The zero-order valence-electron chi connectivity index (χ0n) is 22.6. The van der Waals surface area contributed by atoms with Gasteiger partial charge >= 0.3 is 0 Å². The van der Waals surface area contributed by atoms with E-state index in [4.69, 9.17) is 4.74 Å². The quantitative estimate of drug-likeness (QED) is 0.156. The first-order chi connectivity index (χ1) is 19.0. The van der Waals surface area contributed by atoms with Gasteiger partial charge in [0.2, 0.25) is 0 Å². The van der Waals surface area contributed by atoms with E-state index in [1.54, 1.807) is 6.20 Å². The van der Waals surface area contributed by atoms with Gasteiger partial charge in [0.25, 0.3) is 0 Å². The van der Waals surface area contributed by atoms with Gasteiger partial charge in [0, 0.05) is 28.7 Å². The summed E-state index contributed by atoms with van der Waals surface area (Å²) < 4.78 is 6.07. The molecule has 2 N–H and O–H groups in total. The Hall–Kier alpha value is -4.70. The Morgan fingerprint density at radius 1 is 0.744 bits per heavy atom. The highest BCUT2D eigenvalue weighted by atomic mass is 16.5. The molecule has 0 fully saturated rings. The number of aromatic nitrogens is 1. The average Bonchev–Trinajstić information content (AvgIpc) is 2.97. The highest BCUT2D eigenvalue weighted by molar-refractivity contribution is 6.14. The van der Waals surface area contributed by atoms with Crippen molar-refractivity contribution in [2.24, 2.45) is 0 Å². The van der Waals surface area contributed by atoms with Crippen molar-refractivity contribution in [2.75, 3.05) is 5.32 Å². The number of aryl methyl sites for hydroxylation is 1. The number of nitrogens with zero attached hydrogens (tertiary/aromatic N) is 1. The average molecular weight is 512 g/mol. The first-order valence-corrected chi connectivity index (χ1v) is 13.2. The molecule has 0 saturated heterocycles. The molecular weight excluding hydrogens is 478 g/mol. The van der Waals surface area contributed by atoms with Crippen molar-refractivity contribution in [1.29, 1.82) is 5.41 Å². The van der Waals surface area contributed by atoms with E-state index in [9.17, 15) is 5.41 Å². The van der Waals surface area contributed by atoms with Crippen LogP contribution in [0.5, 0.6) is 5.75 Å². The van der Waals surface area contributed by atoms with E-state index in [0.29, 0.717) is 5.71 Å². The van der Waals surface area contributed by atoms with E-state index < -0.39 is 5.54 Å². The Balaban J connectivity index is 1.75. The zero-order valence-corrected chi connectivity index (χ0v) is 22.6. The van der Waals surface area contributed by atoms with Gasteiger partial charge in [-0.25, -0.2) is 0 Å². The maximum absolute atomic E-state index is 9.29. The molecule has 0 atom stereocenters. The normalized spacial score (nSPS) is 11.3. The number of anilines is 1. The van der Waals surface area contributed by atoms with Crippen LogP contribution in [-0.2, 0) is 5.54 Å². The molecule has 4 nitrogen and oxygen atoms in total. The van der Waals surface area contributed by atoms with Crippen LogP contribution in [0.1, 0.15) is 47.4 Å². The van der Waals surface area contributed by atoms with Crippen LogP contribution in [0.15, 0.2) is 128 Å². The van der Waals surface area contributed by atoms with Gasteiger partial charge in [-0.2, -0.15) is 0 Å². The Morgan fingerprint density at radius 2 is 1.28 bits per heavy atom. The lowest BCUT2D eigenvalue weighted by Crippen LogP contribution is -2.38. The van der Waals surface area contributed by atoms with Crippen molar-refractivity contribution in [1.82, 2.24) is 4.98 Å². The summed E-state index contributed by atoms with van der Waals surface area (Å²) in [6.07, 6.45) is 1.77. The third kappa shape index (κ3) is 5.46. The standard InChI is InChI=1S/C35H33N3O/c1-25(2)39-31-19-20-33(32(24-31)34(36)27-21-22-37-26(3)23-27)38-35(28-13-7-4-8-14-28,29-15-9-5-10-16-29)30-17-11-6-12-18-30/h4-25,36,38H,1-3H3. The van der Waals surface area contributed by atoms with Gasteiger partial charge in [0.1, 0.15) is 11.3 Å². The minimum Gasteiger partial charge on any atom is -0.491 e. The molecule has 0 aliphatic heterocycles. The van der Waals surface area contributed by atoms with Gasteiger partial charge in [-0.3, -0.25) is 10.4 Å². The molecule has 0 amide bonds. The molecule has 0 radical (unpaired) electrons. The summed E-state index contributed by atoms with van der Waals surface area (Å²) in [4.78, 5) is 4.34. The fraction of sp³-hybridized carbons (Fsp3) is 0.143. The first kappa shape index (κ1) is 25.9. The molecule has 0 aliphatic rings. The van der Waals surface area contributed by atoms with Crippen molar-refractivity contribution in [2.45, 2.75) is 32.4 Å². The van der Waals surface area contributed by atoms with Gasteiger partial charge in [0.15, 0.2) is 0 Å². The summed E-state index contributed by atoms with van der Waals surface area (Å²) in [7, 11) is 0. The minimum absolute atomic E-state index is 0.0195. The lowest BCUT2D eigenvalue weighted by molar-refractivity contribution is 0.242. The Labute approximate surface area is 230 Å². The smallest absolute Gasteiger partial charge is 0.120 e. The highest BCUT2D eigenvalue weighted by Crippen LogP contribution is 2.41. The molecule has 0 spiro atoms. The van der Waals surface area contributed by atoms with Crippen LogP contribution in [0, 0.1) is 12.3 Å². The van der Waals surface area contributed by atoms with Gasteiger partial charge in [-0.15, -0.1) is 0 Å². The van der Waals surface area contributed by atoms with E-state index in [1.165, 1.54) is 0 Å². The Bertz CT molecular complexity index is 1450. The van der Waals surface area contributed by atoms with E-state index in [1.807, 2.05) is 69.3 Å². The maximum atomic E-state index is 9.29. The van der Waals surface area contributed by atoms with Gasteiger partial charge in [0.05, 0.1) is 11.8 Å². The fourth-order valence-electron chi connectivity index (χ4n) is 5.02. The van der Waals surface area contributed by atoms with Crippen LogP contribution >= 0.6 is 0 Å². The van der Waals surface area contributed by atoms with Crippen molar-refractivity contribution in [3.8, 4) is 5.75 Å². The summed E-state index contributed by atoms with van der Waals surface area (Å²) in [5.74, 6) is 0.728. The van der Waals surface area contributed by atoms with Crippen LogP contribution < -0.4 is 10.1 Å². The largest absolute Gasteiger partial charge is 0.491 e. The summed E-state index contributed by atoms with van der Waals surface area (Å²) >= 11 is 0. The van der Waals surface area contributed by atoms with E-state index in [0.717, 1.165) is 44.9 Å². The summed E-state index contributed by atoms with van der Waals surface area (Å²) in [5.41, 5.74) is 6.25. The van der Waals surface area contributed by atoms with E-state index in [2.05, 4.69) is 83.1 Å². The summed E-state index contributed by atoms with van der Waals surface area (Å²) in [6, 6.07) is 41.2. The van der Waals surface area contributed by atoms with Gasteiger partial charge < -0.3 is 10.1 Å². The number of ether oxygens (including phenoxy) is 1. The van der Waals surface area contributed by atoms with Crippen molar-refractivity contribution < 1.29 is 4.74 Å². The van der Waals surface area contributed by atoms with Crippen molar-refractivity contribution in [3.63, 3.8) is 0 Å². The molecule has 0 bridgehead atoms. The summed E-state index contributed by atoms with van der Waals surface area (Å²) in [5, 5.41) is 13.2. The summed E-state index contributed by atoms with van der Waals surface area (Å²) in [6.45, 7) is 5.96. The second kappa shape index (κ2) is 11.4. The molecule has 5 rings (SSSR count). The first-order valence-electron chi connectivity index (χ1n) is 13.2. The second-order valence-electron chi connectivity index (χ2n) is 9.91. The number of nitrogens with one attached hydrogen (secondary N) is 2. The molecule has 1 heterocycles. The molecule has 5 aromatic rings. The van der Waals surface area contributed by atoms with Gasteiger partial charge in [-0.1, -0.05) is 91.0 Å². The molecule has 194 valence electrons. The third-order valence-corrected chi connectivity index (χ3v) is 6.76. The molecule has 4 heteroatoms. The van der Waals surface area contributed by atoms with E-state index >= 15 is 0 Å². The molecule has 1 aromatic heterocycles. The van der Waals surface area contributed by atoms with Crippen LogP contribution in [-0.4, -0.2) is 16.8 Å². The maximum Gasteiger partial charge on any atom is 0.120 e. The van der Waals surface area contributed by atoms with Gasteiger partial charge in [-0.05, 0) is 67.8 Å². The van der Waals surface area contributed by atoms with Crippen LogP contribution in [0.3, 0.4) is 0 Å². The molecule has 39 heavy (non-hydrogen) atoms. The molecule has 0 saturated carbocycles. The van der Waals surface area contributed by atoms with Crippen LogP contribution in [0.25, 0.3) is 0 Å². The monoisotopic (exact) mass is 511 g/mol. The number of benzene rings is 4. The second-order valence-corrected chi connectivity index (χ2v) is 9.91. The molecule has 4 aromatic carbocycles. The highest BCUT2D eigenvalue weighted by Gasteiger charge is 2.37. The topological polar surface area (TPSA) is 58.0 Å². The lowest BCUT2D eigenvalue weighted by atomic mass is 9.76. The number of pyridine rings is 1. The molecule has 0 aliphatic carbocycles. The zero-order chi connectivity index (χ0) is 27.2. The Morgan fingerprint density at radius 3 is 1.77 bits per heavy atom. The van der Waals surface area contributed by atoms with Crippen LogP contribution in [0.4, 0.5) is 5.69 Å². The minimum atomic E-state index is -0.715. The predicted octanol–water partition coefficient (Wildman–Crippen LogP) is 8.00. The predicted molar refractivity (Wildman–Crippen MR) is 160 cm³/mol. The fourth-order valence-corrected chi connectivity index (χ4v) is 5.02. The van der Waals surface area contributed by atoms with E-state index in [-0.39, 0.29) is 6.10 Å². The lowest BCUT2D eigenvalue weighted by Gasteiger charge is -2.38. The molecule has 0 unspecified atom stereocenters. The third-order valence-electron chi connectivity index (χ3n) is 6.76. The SMILES string of the molecule is Cc1cc(C(=N)c2cc(OC(C)C)ccc2NC(c2ccccc2)(c2ccccc2)c2ccccc2)ccn1. The van der Waals surface area contributed by atoms with Crippen molar-refractivity contribution >= 4 is 11.4 Å². The Kier molecular flexibility index (Phi) is 7.55. The number of hydrogen-bond donors (Lipinski definition) is 2. The number of hydrogen-bond acceptors (Lipinski definition) is 4. The van der Waals surface area contributed by atoms with Crippen molar-refractivity contribution in [3.05, 3.63) is 161 Å².